The van der Waals surface area contributed by atoms with Crippen molar-refractivity contribution in [3.8, 4) is 0 Å². The van der Waals surface area contributed by atoms with E-state index in [0.29, 0.717) is 0 Å². The van der Waals surface area contributed by atoms with E-state index in [2.05, 4.69) is 19.9 Å². The molecule has 0 N–H and O–H groups in total. The molecule has 15 heavy (non-hydrogen) atoms. The summed E-state index contributed by atoms with van der Waals surface area (Å²) in [6.07, 6.45) is -2.12. The van der Waals surface area contributed by atoms with Gasteiger partial charge < -0.3 is 0 Å². The molecule has 2 heterocycles. The molecule has 2 aromatic heterocycles. The minimum Gasteiger partial charge on any atom is -0.248 e. The molecular weight excluding hydrogens is 233 g/mol. The van der Waals surface area contributed by atoms with Gasteiger partial charge in [-0.1, -0.05) is 11.6 Å². The first kappa shape index (κ1) is 10.0. The highest BCUT2D eigenvalue weighted by Crippen LogP contribution is 2.28. The Kier molecular flexibility index (Phi) is 2.18. The Labute approximate surface area is 86.2 Å². The molecule has 4 nitrogen and oxygen atoms in total. The zero-order valence-corrected chi connectivity index (χ0v) is 7.71. The first-order valence-electron chi connectivity index (χ1n) is 3.70. The lowest BCUT2D eigenvalue weighted by Crippen LogP contribution is -2.11. The SMILES string of the molecule is FC(F)(F)c1nc(Cl)c2nccnc2n1. The van der Waals surface area contributed by atoms with Gasteiger partial charge in [-0.25, -0.2) is 19.9 Å². The minimum atomic E-state index is -4.64. The molecular formula is C7H2ClF3N4. The molecule has 0 spiro atoms. The highest BCUT2D eigenvalue weighted by molar-refractivity contribution is 6.33. The van der Waals surface area contributed by atoms with Crippen molar-refractivity contribution in [2.24, 2.45) is 0 Å². The van der Waals surface area contributed by atoms with Gasteiger partial charge in [0.05, 0.1) is 0 Å². The molecule has 0 aromatic carbocycles. The number of aromatic nitrogens is 4. The van der Waals surface area contributed by atoms with E-state index in [-0.39, 0.29) is 16.3 Å². The molecule has 0 bridgehead atoms. The molecule has 2 rings (SSSR count). The van der Waals surface area contributed by atoms with Crippen LogP contribution in [-0.4, -0.2) is 19.9 Å². The van der Waals surface area contributed by atoms with Crippen LogP contribution in [0.1, 0.15) is 5.82 Å². The molecule has 8 heteroatoms. The zero-order valence-electron chi connectivity index (χ0n) is 6.96. The molecule has 2 aromatic rings. The number of nitrogens with zero attached hydrogens (tertiary/aromatic N) is 4. The maximum Gasteiger partial charge on any atom is 0.451 e. The van der Waals surface area contributed by atoms with Crippen molar-refractivity contribution < 1.29 is 13.2 Å². The van der Waals surface area contributed by atoms with Gasteiger partial charge in [0.15, 0.2) is 10.8 Å². The first-order chi connectivity index (χ1) is 6.98. The van der Waals surface area contributed by atoms with E-state index in [1.807, 2.05) is 0 Å². The summed E-state index contributed by atoms with van der Waals surface area (Å²) in [6, 6.07) is 0. The van der Waals surface area contributed by atoms with Crippen LogP contribution < -0.4 is 0 Å². The van der Waals surface area contributed by atoms with E-state index in [1.54, 1.807) is 0 Å². The van der Waals surface area contributed by atoms with Crippen LogP contribution in [0.4, 0.5) is 13.2 Å². The lowest BCUT2D eigenvalue weighted by Gasteiger charge is -2.05. The van der Waals surface area contributed by atoms with Gasteiger partial charge in [0.25, 0.3) is 0 Å². The van der Waals surface area contributed by atoms with Crippen LogP contribution >= 0.6 is 11.6 Å². The van der Waals surface area contributed by atoms with Crippen molar-refractivity contribution in [1.29, 1.82) is 0 Å². The number of hydrogen-bond acceptors (Lipinski definition) is 4. The Hall–Kier alpha value is -1.50. The van der Waals surface area contributed by atoms with Gasteiger partial charge in [0, 0.05) is 12.4 Å². The third-order valence-electron chi connectivity index (χ3n) is 1.54. The standard InChI is InChI=1S/C7H2ClF3N4/c8-4-3-5(13-2-1-12-3)15-6(14-4)7(9,10)11/h1-2H. The Morgan fingerprint density at radius 1 is 1.07 bits per heavy atom. The highest BCUT2D eigenvalue weighted by atomic mass is 35.5. The van der Waals surface area contributed by atoms with E-state index in [1.165, 1.54) is 12.4 Å². The molecule has 0 saturated carbocycles. The predicted molar refractivity (Wildman–Crippen MR) is 45.1 cm³/mol. The summed E-state index contributed by atoms with van der Waals surface area (Å²) in [5, 5.41) is -0.361. The Balaban J connectivity index is 2.73. The Morgan fingerprint density at radius 2 is 1.73 bits per heavy atom. The largest absolute Gasteiger partial charge is 0.451 e. The second kappa shape index (κ2) is 3.27. The van der Waals surface area contributed by atoms with Crippen molar-refractivity contribution in [3.05, 3.63) is 23.4 Å². The smallest absolute Gasteiger partial charge is 0.248 e. The fraction of sp³-hybridized carbons (Fsp3) is 0.143. The van der Waals surface area contributed by atoms with Crippen LogP contribution in [-0.2, 0) is 6.18 Å². The molecule has 0 aliphatic carbocycles. The summed E-state index contributed by atoms with van der Waals surface area (Å²) in [4.78, 5) is 13.6. The van der Waals surface area contributed by atoms with Crippen LogP contribution in [0, 0.1) is 0 Å². The summed E-state index contributed by atoms with van der Waals surface area (Å²) in [5.74, 6) is -1.32. The van der Waals surface area contributed by atoms with Crippen molar-refractivity contribution in [3.63, 3.8) is 0 Å². The third kappa shape index (κ3) is 1.82. The predicted octanol–water partition coefficient (Wildman–Crippen LogP) is 2.09. The molecule has 0 aliphatic rings. The normalized spacial score (nSPS) is 12.0. The van der Waals surface area contributed by atoms with Crippen molar-refractivity contribution in [1.82, 2.24) is 19.9 Å². The van der Waals surface area contributed by atoms with Gasteiger partial charge in [-0.2, -0.15) is 13.2 Å². The number of rotatable bonds is 0. The van der Waals surface area contributed by atoms with Crippen LogP contribution in [0.5, 0.6) is 0 Å². The Bertz CT molecular complexity index is 513. The average Bonchev–Trinajstić information content (AvgIpc) is 2.16. The van der Waals surface area contributed by atoms with E-state index in [0.717, 1.165) is 0 Å². The van der Waals surface area contributed by atoms with E-state index >= 15 is 0 Å². The van der Waals surface area contributed by atoms with E-state index in [9.17, 15) is 13.2 Å². The summed E-state index contributed by atoms with van der Waals surface area (Å²) >= 11 is 5.51. The molecule has 0 saturated heterocycles. The van der Waals surface area contributed by atoms with Gasteiger partial charge >= 0.3 is 6.18 Å². The molecule has 0 atom stereocenters. The second-order valence-electron chi connectivity index (χ2n) is 2.56. The molecule has 0 radical (unpaired) electrons. The molecule has 78 valence electrons. The fourth-order valence-electron chi connectivity index (χ4n) is 0.956. The first-order valence-corrected chi connectivity index (χ1v) is 4.08. The summed E-state index contributed by atoms with van der Waals surface area (Å²) in [6.45, 7) is 0. The molecule has 0 unspecified atom stereocenters. The lowest BCUT2D eigenvalue weighted by atomic mass is 10.5. The number of alkyl halides is 3. The van der Waals surface area contributed by atoms with Crippen molar-refractivity contribution in [2.45, 2.75) is 6.18 Å². The third-order valence-corrected chi connectivity index (χ3v) is 1.81. The molecule has 0 aliphatic heterocycles. The summed E-state index contributed by atoms with van der Waals surface area (Å²) in [5.41, 5.74) is -0.128. The molecule has 0 amide bonds. The maximum atomic E-state index is 12.3. The zero-order chi connectivity index (χ0) is 11.1. The highest BCUT2D eigenvalue weighted by Gasteiger charge is 2.35. The van der Waals surface area contributed by atoms with Crippen molar-refractivity contribution in [2.75, 3.05) is 0 Å². The minimum absolute atomic E-state index is 0.0483. The van der Waals surface area contributed by atoms with Crippen molar-refractivity contribution >= 4 is 22.8 Å². The molecule has 0 fully saturated rings. The van der Waals surface area contributed by atoms with E-state index < -0.39 is 12.0 Å². The van der Waals surface area contributed by atoms with Crippen LogP contribution in [0.2, 0.25) is 5.15 Å². The number of hydrogen-bond donors (Lipinski definition) is 0. The summed E-state index contributed by atoms with van der Waals surface area (Å²) < 4.78 is 36.8. The average molecular weight is 235 g/mol. The van der Waals surface area contributed by atoms with Gasteiger partial charge in [-0.05, 0) is 0 Å². The van der Waals surface area contributed by atoms with Gasteiger partial charge in [-0.3, -0.25) is 0 Å². The monoisotopic (exact) mass is 234 g/mol. The maximum absolute atomic E-state index is 12.3. The van der Waals surface area contributed by atoms with Gasteiger partial charge in [-0.15, -0.1) is 0 Å². The number of halogens is 4. The van der Waals surface area contributed by atoms with Gasteiger partial charge in [0.1, 0.15) is 5.52 Å². The van der Waals surface area contributed by atoms with Crippen LogP contribution in [0.25, 0.3) is 11.2 Å². The van der Waals surface area contributed by atoms with Crippen LogP contribution in [0.15, 0.2) is 12.4 Å². The quantitative estimate of drug-likeness (QED) is 0.655. The van der Waals surface area contributed by atoms with Gasteiger partial charge in [0.2, 0.25) is 5.82 Å². The lowest BCUT2D eigenvalue weighted by molar-refractivity contribution is -0.144. The van der Waals surface area contributed by atoms with E-state index in [4.69, 9.17) is 11.6 Å². The summed E-state index contributed by atoms with van der Waals surface area (Å²) in [7, 11) is 0. The second-order valence-corrected chi connectivity index (χ2v) is 2.92. The fourth-order valence-corrected chi connectivity index (χ4v) is 1.17. The number of fused-ring (bicyclic) bond motifs is 1. The van der Waals surface area contributed by atoms with Crippen LogP contribution in [0.3, 0.4) is 0 Å². The Morgan fingerprint density at radius 3 is 2.40 bits per heavy atom. The topological polar surface area (TPSA) is 51.6 Å².